The maximum absolute atomic E-state index is 12.8. The van der Waals surface area contributed by atoms with Crippen LogP contribution in [0.2, 0.25) is 0 Å². The van der Waals surface area contributed by atoms with Crippen LogP contribution in [0.15, 0.2) is 11.4 Å². The number of ether oxygens (including phenoxy) is 1. The Hall–Kier alpha value is -1.56. The fraction of sp³-hybridized carbons (Fsp3) is 0.667. The summed E-state index contributed by atoms with van der Waals surface area (Å²) in [7, 11) is 0. The summed E-state index contributed by atoms with van der Waals surface area (Å²) in [6.07, 6.45) is 1.37. The van der Waals surface area contributed by atoms with E-state index in [0.717, 1.165) is 23.3 Å². The van der Waals surface area contributed by atoms with E-state index in [4.69, 9.17) is 4.74 Å². The Kier molecular flexibility index (Phi) is 5.91. The maximum atomic E-state index is 12.8. The summed E-state index contributed by atoms with van der Waals surface area (Å²) in [6, 6.07) is 2.22. The smallest absolute Gasteiger partial charge is 0.407 e. The Labute approximate surface area is 148 Å². The quantitative estimate of drug-likeness (QED) is 0.899. The Balaban J connectivity index is 1.90. The molecule has 2 atom stereocenters. The summed E-state index contributed by atoms with van der Waals surface area (Å²) in [6.45, 7) is 10.9. The zero-order valence-electron chi connectivity index (χ0n) is 15.2. The van der Waals surface area contributed by atoms with Gasteiger partial charge in [-0.15, -0.1) is 11.3 Å². The number of alkyl carbamates (subject to hydrolysis) is 1. The van der Waals surface area contributed by atoms with Crippen LogP contribution in [0, 0.1) is 5.92 Å². The van der Waals surface area contributed by atoms with Gasteiger partial charge in [-0.05, 0) is 63.5 Å². The zero-order valence-corrected chi connectivity index (χ0v) is 16.0. The van der Waals surface area contributed by atoms with Crippen molar-refractivity contribution >= 4 is 23.3 Å². The summed E-state index contributed by atoms with van der Waals surface area (Å²) >= 11 is 1.52. The Morgan fingerprint density at radius 3 is 2.75 bits per heavy atom. The van der Waals surface area contributed by atoms with E-state index < -0.39 is 11.7 Å². The van der Waals surface area contributed by atoms with Crippen LogP contribution in [-0.2, 0) is 11.2 Å². The zero-order chi connectivity index (χ0) is 17.9. The largest absolute Gasteiger partial charge is 0.444 e. The molecule has 0 unspecified atom stereocenters. The first-order chi connectivity index (χ1) is 11.2. The van der Waals surface area contributed by atoms with Gasteiger partial charge in [0.1, 0.15) is 5.60 Å². The van der Waals surface area contributed by atoms with Crippen molar-refractivity contribution in [1.82, 2.24) is 10.2 Å². The molecule has 0 spiro atoms. The van der Waals surface area contributed by atoms with Gasteiger partial charge in [-0.3, -0.25) is 4.79 Å². The molecule has 6 heteroatoms. The lowest BCUT2D eigenvalue weighted by Gasteiger charge is -2.22. The summed E-state index contributed by atoms with van der Waals surface area (Å²) in [5.41, 5.74) is 0.623. The molecule has 24 heavy (non-hydrogen) atoms. The van der Waals surface area contributed by atoms with E-state index in [1.807, 2.05) is 37.1 Å². The van der Waals surface area contributed by atoms with Crippen molar-refractivity contribution in [2.45, 2.75) is 59.1 Å². The van der Waals surface area contributed by atoms with Crippen molar-refractivity contribution in [3.05, 3.63) is 21.9 Å². The summed E-state index contributed by atoms with van der Waals surface area (Å²) in [5, 5.41) is 4.80. The molecule has 0 aliphatic carbocycles. The monoisotopic (exact) mass is 352 g/mol. The summed E-state index contributed by atoms with van der Waals surface area (Å²) in [4.78, 5) is 27.4. The second-order valence-electron chi connectivity index (χ2n) is 7.42. The Morgan fingerprint density at radius 1 is 1.42 bits per heavy atom. The Bertz CT molecular complexity index is 591. The minimum absolute atomic E-state index is 0.120. The molecule has 134 valence electrons. The van der Waals surface area contributed by atoms with Gasteiger partial charge in [-0.2, -0.15) is 0 Å². The third kappa shape index (κ3) is 4.72. The molecular formula is C18H28N2O3S. The number of aryl methyl sites for hydroxylation is 1. The SMILES string of the molecule is CCc1ccsc1C(=O)N1C[C@@H](CNC(=O)OC(C)(C)C)C[C@@H]1C. The van der Waals surface area contributed by atoms with Gasteiger partial charge >= 0.3 is 6.09 Å². The average molecular weight is 353 g/mol. The van der Waals surface area contributed by atoms with Crippen LogP contribution < -0.4 is 5.32 Å². The van der Waals surface area contributed by atoms with Crippen molar-refractivity contribution in [3.63, 3.8) is 0 Å². The summed E-state index contributed by atoms with van der Waals surface area (Å²) in [5.74, 6) is 0.385. The normalized spacial score (nSPS) is 21.0. The molecule has 1 N–H and O–H groups in total. The molecule has 5 nitrogen and oxygen atoms in total. The lowest BCUT2D eigenvalue weighted by atomic mass is 10.1. The summed E-state index contributed by atoms with van der Waals surface area (Å²) < 4.78 is 5.26. The first-order valence-corrected chi connectivity index (χ1v) is 9.43. The number of hydrogen-bond donors (Lipinski definition) is 1. The lowest BCUT2D eigenvalue weighted by Crippen LogP contribution is -2.37. The Morgan fingerprint density at radius 2 is 2.12 bits per heavy atom. The molecular weight excluding hydrogens is 324 g/mol. The second kappa shape index (κ2) is 7.55. The third-order valence-corrected chi connectivity index (χ3v) is 5.12. The highest BCUT2D eigenvalue weighted by atomic mass is 32.1. The van der Waals surface area contributed by atoms with E-state index in [1.165, 1.54) is 11.3 Å². The molecule has 2 heterocycles. The van der Waals surface area contributed by atoms with Crippen LogP contribution in [0.4, 0.5) is 4.79 Å². The van der Waals surface area contributed by atoms with Crippen LogP contribution in [0.3, 0.4) is 0 Å². The average Bonchev–Trinajstić information content (AvgIpc) is 3.08. The van der Waals surface area contributed by atoms with Crippen molar-refractivity contribution in [1.29, 1.82) is 0 Å². The predicted molar refractivity (Wildman–Crippen MR) is 96.5 cm³/mol. The van der Waals surface area contributed by atoms with Gasteiger partial charge in [0, 0.05) is 19.1 Å². The molecule has 1 aliphatic rings. The van der Waals surface area contributed by atoms with Gasteiger partial charge in [0.2, 0.25) is 0 Å². The van der Waals surface area contributed by atoms with Gasteiger partial charge in [0.15, 0.2) is 0 Å². The van der Waals surface area contributed by atoms with Gasteiger partial charge in [0.05, 0.1) is 4.88 Å². The highest BCUT2D eigenvalue weighted by molar-refractivity contribution is 7.12. The number of amides is 2. The minimum Gasteiger partial charge on any atom is -0.444 e. The topological polar surface area (TPSA) is 58.6 Å². The standard InChI is InChI=1S/C18H28N2O3S/c1-6-14-7-8-24-15(14)16(21)20-11-13(9-12(20)2)10-19-17(22)23-18(3,4)5/h7-8,12-13H,6,9-11H2,1-5H3,(H,19,22)/t12-,13+/m0/s1. The maximum Gasteiger partial charge on any atom is 0.407 e. The molecule has 0 radical (unpaired) electrons. The molecule has 2 amide bonds. The number of nitrogens with one attached hydrogen (secondary N) is 1. The number of likely N-dealkylation sites (tertiary alicyclic amines) is 1. The van der Waals surface area contributed by atoms with Gasteiger partial charge in [0.25, 0.3) is 5.91 Å². The molecule has 0 bridgehead atoms. The highest BCUT2D eigenvalue weighted by Crippen LogP contribution is 2.27. The third-order valence-electron chi connectivity index (χ3n) is 4.18. The van der Waals surface area contributed by atoms with Crippen LogP contribution in [0.5, 0.6) is 0 Å². The van der Waals surface area contributed by atoms with E-state index in [-0.39, 0.29) is 17.9 Å². The molecule has 0 aromatic carbocycles. The van der Waals surface area contributed by atoms with Crippen LogP contribution >= 0.6 is 11.3 Å². The van der Waals surface area contributed by atoms with Gasteiger partial charge in [-0.25, -0.2) is 4.79 Å². The number of nitrogens with zero attached hydrogens (tertiary/aromatic N) is 1. The number of carbonyl (C=O) groups is 2. The van der Waals surface area contributed by atoms with E-state index in [2.05, 4.69) is 19.2 Å². The molecule has 1 saturated heterocycles. The fourth-order valence-electron chi connectivity index (χ4n) is 3.05. The van der Waals surface area contributed by atoms with Crippen molar-refractivity contribution < 1.29 is 14.3 Å². The molecule has 0 saturated carbocycles. The van der Waals surface area contributed by atoms with Crippen molar-refractivity contribution in [3.8, 4) is 0 Å². The van der Waals surface area contributed by atoms with Gasteiger partial charge < -0.3 is 15.0 Å². The number of rotatable bonds is 4. The van der Waals surface area contributed by atoms with Crippen molar-refractivity contribution in [2.75, 3.05) is 13.1 Å². The van der Waals surface area contributed by atoms with E-state index >= 15 is 0 Å². The molecule has 2 rings (SSSR count). The van der Waals surface area contributed by atoms with E-state index in [0.29, 0.717) is 13.1 Å². The number of hydrogen-bond acceptors (Lipinski definition) is 4. The first-order valence-electron chi connectivity index (χ1n) is 8.55. The number of carbonyl (C=O) groups excluding carboxylic acids is 2. The molecule has 1 fully saturated rings. The minimum atomic E-state index is -0.495. The van der Waals surface area contributed by atoms with E-state index in [9.17, 15) is 9.59 Å². The van der Waals surface area contributed by atoms with Crippen LogP contribution in [-0.4, -0.2) is 41.6 Å². The molecule has 1 aromatic rings. The predicted octanol–water partition coefficient (Wildman–Crippen LogP) is 3.69. The molecule has 1 aromatic heterocycles. The van der Waals surface area contributed by atoms with Crippen molar-refractivity contribution in [2.24, 2.45) is 5.92 Å². The van der Waals surface area contributed by atoms with Gasteiger partial charge in [-0.1, -0.05) is 6.92 Å². The van der Waals surface area contributed by atoms with Crippen LogP contribution in [0.1, 0.15) is 56.3 Å². The lowest BCUT2D eigenvalue weighted by molar-refractivity contribution is 0.0520. The van der Waals surface area contributed by atoms with E-state index in [1.54, 1.807) is 0 Å². The highest BCUT2D eigenvalue weighted by Gasteiger charge is 2.34. The van der Waals surface area contributed by atoms with Crippen LogP contribution in [0.25, 0.3) is 0 Å². The molecule has 1 aliphatic heterocycles. The first kappa shape index (κ1) is 18.8. The number of thiophene rings is 1. The second-order valence-corrected chi connectivity index (χ2v) is 8.34. The fourth-order valence-corrected chi connectivity index (χ4v) is 4.00.